The zero-order chi connectivity index (χ0) is 10.7. The van der Waals surface area contributed by atoms with Gasteiger partial charge in [0, 0.05) is 30.4 Å². The number of hydrogen-bond donors (Lipinski definition) is 1. The summed E-state index contributed by atoms with van der Waals surface area (Å²) < 4.78 is 2.09. The van der Waals surface area contributed by atoms with E-state index < -0.39 is 0 Å². The molecular weight excluding hydrogens is 186 g/mol. The quantitative estimate of drug-likeness (QED) is 0.756. The number of aromatic nitrogens is 2. The molecule has 1 fully saturated rings. The second kappa shape index (κ2) is 4.79. The molecule has 1 aliphatic carbocycles. The molecule has 1 saturated carbocycles. The molecule has 0 saturated heterocycles. The molecule has 15 heavy (non-hydrogen) atoms. The van der Waals surface area contributed by atoms with Gasteiger partial charge in [0.2, 0.25) is 0 Å². The average molecular weight is 207 g/mol. The van der Waals surface area contributed by atoms with Crippen molar-refractivity contribution in [1.82, 2.24) is 9.78 Å². The molecule has 0 amide bonds. The highest BCUT2D eigenvalue weighted by Crippen LogP contribution is 2.30. The lowest BCUT2D eigenvalue weighted by Gasteiger charge is -2.22. The van der Waals surface area contributed by atoms with Gasteiger partial charge >= 0.3 is 0 Å². The summed E-state index contributed by atoms with van der Waals surface area (Å²) in [6.45, 7) is 3.09. The molecule has 0 aromatic carbocycles. The Morgan fingerprint density at radius 3 is 3.00 bits per heavy atom. The third kappa shape index (κ3) is 2.23. The number of nitrogens with zero attached hydrogens (tertiary/aromatic N) is 2. The fourth-order valence-electron chi connectivity index (χ4n) is 2.63. The fourth-order valence-corrected chi connectivity index (χ4v) is 2.63. The Balaban J connectivity index is 2.19. The van der Waals surface area contributed by atoms with Crippen LogP contribution in [0.4, 0.5) is 0 Å². The molecule has 0 bridgehead atoms. The van der Waals surface area contributed by atoms with Crippen LogP contribution in [-0.2, 0) is 6.54 Å². The van der Waals surface area contributed by atoms with E-state index in [4.69, 9.17) is 5.73 Å². The van der Waals surface area contributed by atoms with Crippen LogP contribution in [0.2, 0.25) is 0 Å². The van der Waals surface area contributed by atoms with Gasteiger partial charge in [-0.15, -0.1) is 0 Å². The number of aryl methyl sites for hydroxylation is 1. The summed E-state index contributed by atoms with van der Waals surface area (Å²) in [5.41, 5.74) is 7.59. The summed E-state index contributed by atoms with van der Waals surface area (Å²) in [5.74, 6) is 0.523. The van der Waals surface area contributed by atoms with Gasteiger partial charge in [0.05, 0.1) is 0 Å². The summed E-state index contributed by atoms with van der Waals surface area (Å²) in [6.07, 6.45) is 8.23. The second-order valence-corrected chi connectivity index (χ2v) is 4.48. The van der Waals surface area contributed by atoms with E-state index in [0.29, 0.717) is 12.0 Å². The number of rotatable bonds is 2. The van der Waals surface area contributed by atoms with Gasteiger partial charge in [0.25, 0.3) is 0 Å². The normalized spacial score (nSPS) is 27.6. The van der Waals surface area contributed by atoms with Crippen LogP contribution < -0.4 is 5.73 Å². The Kier molecular flexibility index (Phi) is 3.41. The first kappa shape index (κ1) is 10.7. The number of nitrogens with two attached hydrogens (primary N) is 1. The maximum absolute atomic E-state index is 6.25. The first-order valence-corrected chi connectivity index (χ1v) is 6.10. The van der Waals surface area contributed by atoms with Gasteiger partial charge < -0.3 is 5.73 Å². The van der Waals surface area contributed by atoms with Gasteiger partial charge in [-0.1, -0.05) is 19.3 Å². The zero-order valence-corrected chi connectivity index (χ0v) is 9.52. The lowest BCUT2D eigenvalue weighted by atomic mass is 9.92. The summed E-state index contributed by atoms with van der Waals surface area (Å²) in [4.78, 5) is 0. The largest absolute Gasteiger partial charge is 0.327 e. The summed E-state index contributed by atoms with van der Waals surface area (Å²) >= 11 is 0. The van der Waals surface area contributed by atoms with E-state index in [2.05, 4.69) is 22.8 Å². The van der Waals surface area contributed by atoms with Gasteiger partial charge in [-0.05, 0) is 25.8 Å². The second-order valence-electron chi connectivity index (χ2n) is 4.48. The Bertz CT molecular complexity index is 306. The molecule has 1 aromatic heterocycles. The molecule has 2 unspecified atom stereocenters. The van der Waals surface area contributed by atoms with Crippen LogP contribution in [0.25, 0.3) is 0 Å². The van der Waals surface area contributed by atoms with E-state index in [1.807, 2.05) is 6.20 Å². The molecule has 84 valence electrons. The van der Waals surface area contributed by atoms with Crippen molar-refractivity contribution in [3.8, 4) is 0 Å². The van der Waals surface area contributed by atoms with Crippen molar-refractivity contribution in [2.24, 2.45) is 5.73 Å². The first-order chi connectivity index (χ1) is 7.33. The average Bonchev–Trinajstić information content (AvgIpc) is 2.61. The molecular formula is C12H21N3. The minimum Gasteiger partial charge on any atom is -0.327 e. The topological polar surface area (TPSA) is 43.8 Å². The van der Waals surface area contributed by atoms with Crippen molar-refractivity contribution in [3.05, 3.63) is 18.0 Å². The van der Waals surface area contributed by atoms with Gasteiger partial charge in [0.15, 0.2) is 0 Å². The Morgan fingerprint density at radius 2 is 2.20 bits per heavy atom. The predicted octanol–water partition coefficient (Wildman–Crippen LogP) is 2.28. The van der Waals surface area contributed by atoms with Gasteiger partial charge in [0.1, 0.15) is 0 Å². The monoisotopic (exact) mass is 207 g/mol. The molecule has 3 heteroatoms. The lowest BCUT2D eigenvalue weighted by molar-refractivity contribution is 0.463. The highest BCUT2D eigenvalue weighted by Gasteiger charge is 2.24. The molecule has 0 spiro atoms. The van der Waals surface area contributed by atoms with Crippen molar-refractivity contribution in [1.29, 1.82) is 0 Å². The molecule has 0 aliphatic heterocycles. The maximum atomic E-state index is 6.25. The van der Waals surface area contributed by atoms with E-state index in [-0.39, 0.29) is 0 Å². The molecule has 2 rings (SSSR count). The van der Waals surface area contributed by atoms with E-state index in [1.54, 1.807) is 0 Å². The van der Waals surface area contributed by atoms with E-state index >= 15 is 0 Å². The highest BCUT2D eigenvalue weighted by molar-refractivity contribution is 5.11. The fraction of sp³-hybridized carbons (Fsp3) is 0.750. The molecule has 2 N–H and O–H groups in total. The molecule has 1 aliphatic rings. The summed E-state index contributed by atoms with van der Waals surface area (Å²) in [5, 5.41) is 4.34. The summed E-state index contributed by atoms with van der Waals surface area (Å²) in [7, 11) is 0. The standard InChI is InChI=1S/C12H21N3/c1-2-15-12(8-9-14-15)10-6-4-3-5-7-11(10)13/h8-11H,2-7,13H2,1H3. The van der Waals surface area contributed by atoms with Crippen LogP contribution in [-0.4, -0.2) is 15.8 Å². The molecule has 2 atom stereocenters. The van der Waals surface area contributed by atoms with Crippen molar-refractivity contribution in [2.45, 2.75) is 57.5 Å². The van der Waals surface area contributed by atoms with Crippen LogP contribution >= 0.6 is 0 Å². The van der Waals surface area contributed by atoms with Crippen LogP contribution in [0.5, 0.6) is 0 Å². The van der Waals surface area contributed by atoms with E-state index in [9.17, 15) is 0 Å². The van der Waals surface area contributed by atoms with E-state index in [1.165, 1.54) is 37.8 Å². The van der Waals surface area contributed by atoms with Crippen molar-refractivity contribution in [3.63, 3.8) is 0 Å². The third-order valence-electron chi connectivity index (χ3n) is 3.50. The van der Waals surface area contributed by atoms with Crippen molar-refractivity contribution in [2.75, 3.05) is 0 Å². The Morgan fingerprint density at radius 1 is 1.40 bits per heavy atom. The number of hydrogen-bond acceptors (Lipinski definition) is 2. The first-order valence-electron chi connectivity index (χ1n) is 6.10. The Labute approximate surface area is 91.7 Å². The third-order valence-corrected chi connectivity index (χ3v) is 3.50. The summed E-state index contributed by atoms with van der Waals surface area (Å²) in [6, 6.07) is 2.47. The van der Waals surface area contributed by atoms with Gasteiger partial charge in [-0.3, -0.25) is 4.68 Å². The van der Waals surface area contributed by atoms with Crippen LogP contribution in [0.3, 0.4) is 0 Å². The van der Waals surface area contributed by atoms with Gasteiger partial charge in [-0.2, -0.15) is 5.10 Å². The zero-order valence-electron chi connectivity index (χ0n) is 9.52. The Hall–Kier alpha value is -0.830. The predicted molar refractivity (Wildman–Crippen MR) is 61.7 cm³/mol. The van der Waals surface area contributed by atoms with E-state index in [0.717, 1.165) is 6.54 Å². The van der Waals surface area contributed by atoms with Crippen LogP contribution in [0.15, 0.2) is 12.3 Å². The smallest absolute Gasteiger partial charge is 0.0492 e. The molecule has 1 heterocycles. The SMILES string of the molecule is CCn1nccc1C1CCCCCC1N. The minimum absolute atomic E-state index is 0.328. The van der Waals surface area contributed by atoms with Crippen LogP contribution in [0.1, 0.15) is 50.6 Å². The van der Waals surface area contributed by atoms with Crippen molar-refractivity contribution >= 4 is 0 Å². The molecule has 3 nitrogen and oxygen atoms in total. The molecule has 0 radical (unpaired) electrons. The minimum atomic E-state index is 0.328. The maximum Gasteiger partial charge on any atom is 0.0492 e. The lowest BCUT2D eigenvalue weighted by Crippen LogP contribution is -2.29. The van der Waals surface area contributed by atoms with Gasteiger partial charge in [-0.25, -0.2) is 0 Å². The molecule has 1 aromatic rings. The van der Waals surface area contributed by atoms with Crippen molar-refractivity contribution < 1.29 is 0 Å². The highest BCUT2D eigenvalue weighted by atomic mass is 15.3. The van der Waals surface area contributed by atoms with Crippen LogP contribution in [0, 0.1) is 0 Å².